The number of nitrogens with zero attached hydrogens (tertiary/aromatic N) is 1. The molecule has 1 rings (SSSR count). The lowest BCUT2D eigenvalue weighted by Gasteiger charge is -2.25. The Balaban J connectivity index is 3.26. The van der Waals surface area contributed by atoms with Crippen LogP contribution in [0.4, 0.5) is 10.1 Å². The van der Waals surface area contributed by atoms with Gasteiger partial charge >= 0.3 is 5.97 Å². The quantitative estimate of drug-likeness (QED) is 0.706. The second-order valence-electron chi connectivity index (χ2n) is 2.44. The highest BCUT2D eigenvalue weighted by atomic mass is 19.1. The maximum atomic E-state index is 13.2. The van der Waals surface area contributed by atoms with E-state index in [4.69, 9.17) is 5.11 Å². The van der Waals surface area contributed by atoms with Gasteiger partial charge in [-0.15, -0.1) is 0 Å². The van der Waals surface area contributed by atoms with Gasteiger partial charge in [-0.1, -0.05) is 6.07 Å². The standard InChI is InChI=1S/C8H7FNO3/c1-10(13)6-4-2-3-5(7(6)9)8(11)12/h2-4H,1H3,(H,11,12)/q-1. The molecule has 1 N–H and O–H groups in total. The number of carbonyl (C=O) groups is 1. The molecule has 0 atom stereocenters. The summed E-state index contributed by atoms with van der Waals surface area (Å²) < 4.78 is 13.2. The molecule has 0 saturated heterocycles. The summed E-state index contributed by atoms with van der Waals surface area (Å²) in [4.78, 5) is 10.4. The van der Waals surface area contributed by atoms with E-state index in [1.807, 2.05) is 0 Å². The van der Waals surface area contributed by atoms with E-state index in [1.54, 1.807) is 0 Å². The predicted molar refractivity (Wildman–Crippen MR) is 45.1 cm³/mol. The van der Waals surface area contributed by atoms with E-state index in [0.717, 1.165) is 13.1 Å². The van der Waals surface area contributed by atoms with Crippen molar-refractivity contribution in [2.45, 2.75) is 0 Å². The SMILES string of the molecule is CN([O-])c1cccc(C(=O)O)c1F. The van der Waals surface area contributed by atoms with Crippen molar-refractivity contribution in [3.63, 3.8) is 0 Å². The lowest BCUT2D eigenvalue weighted by Crippen LogP contribution is -2.11. The molecular weight excluding hydrogens is 177 g/mol. The van der Waals surface area contributed by atoms with Gasteiger partial charge in [0.05, 0.1) is 11.3 Å². The van der Waals surface area contributed by atoms with Crippen LogP contribution in [0, 0.1) is 11.0 Å². The van der Waals surface area contributed by atoms with Gasteiger partial charge in [-0.25, -0.2) is 9.18 Å². The zero-order chi connectivity index (χ0) is 10.0. The number of anilines is 1. The number of carboxylic acid groups (broad SMARTS) is 1. The first-order chi connectivity index (χ1) is 6.04. The van der Waals surface area contributed by atoms with Gasteiger partial charge in [0.25, 0.3) is 0 Å². The first-order valence-electron chi connectivity index (χ1n) is 3.46. The van der Waals surface area contributed by atoms with Gasteiger partial charge < -0.3 is 15.4 Å². The van der Waals surface area contributed by atoms with Crippen LogP contribution in [0.15, 0.2) is 18.2 Å². The Kier molecular flexibility index (Phi) is 2.48. The van der Waals surface area contributed by atoms with Crippen LogP contribution in [0.25, 0.3) is 0 Å². The molecule has 0 spiro atoms. The van der Waals surface area contributed by atoms with E-state index in [2.05, 4.69) is 0 Å². The highest BCUT2D eigenvalue weighted by molar-refractivity contribution is 5.89. The number of hydroxylamine groups is 1. The maximum Gasteiger partial charge on any atom is 0.338 e. The van der Waals surface area contributed by atoms with Gasteiger partial charge in [0, 0.05) is 0 Å². The summed E-state index contributed by atoms with van der Waals surface area (Å²) in [6, 6.07) is 3.63. The van der Waals surface area contributed by atoms with Crippen LogP contribution in [0.1, 0.15) is 10.4 Å². The summed E-state index contributed by atoms with van der Waals surface area (Å²) in [5, 5.41) is 19.5. The number of benzene rings is 1. The third-order valence-corrected chi connectivity index (χ3v) is 1.55. The fourth-order valence-corrected chi connectivity index (χ4v) is 0.928. The van der Waals surface area contributed by atoms with Crippen molar-refractivity contribution in [2.24, 2.45) is 0 Å². The molecular formula is C8H7FNO3-. The van der Waals surface area contributed by atoms with Crippen LogP contribution >= 0.6 is 0 Å². The van der Waals surface area contributed by atoms with Crippen LogP contribution in [0.3, 0.4) is 0 Å². The summed E-state index contributed by atoms with van der Waals surface area (Å²) in [6.45, 7) is 0. The topological polar surface area (TPSA) is 63.6 Å². The molecule has 0 aliphatic carbocycles. The van der Waals surface area contributed by atoms with E-state index in [1.165, 1.54) is 12.1 Å². The van der Waals surface area contributed by atoms with Crippen molar-refractivity contribution >= 4 is 11.7 Å². The molecule has 0 aromatic heterocycles. The molecule has 70 valence electrons. The lowest BCUT2D eigenvalue weighted by atomic mass is 10.2. The van der Waals surface area contributed by atoms with Gasteiger partial charge in [0.2, 0.25) is 0 Å². The molecule has 0 fully saturated rings. The van der Waals surface area contributed by atoms with Crippen LogP contribution in [0.5, 0.6) is 0 Å². The minimum Gasteiger partial charge on any atom is -0.758 e. The van der Waals surface area contributed by atoms with Crippen LogP contribution in [-0.2, 0) is 0 Å². The Morgan fingerprint density at radius 3 is 2.69 bits per heavy atom. The first kappa shape index (κ1) is 9.47. The van der Waals surface area contributed by atoms with Crippen molar-refractivity contribution in [1.82, 2.24) is 0 Å². The Bertz CT molecular complexity index is 338. The molecule has 13 heavy (non-hydrogen) atoms. The number of aromatic carboxylic acids is 1. The number of rotatable bonds is 2. The lowest BCUT2D eigenvalue weighted by molar-refractivity contribution is 0.0692. The zero-order valence-electron chi connectivity index (χ0n) is 6.82. The molecule has 0 saturated carbocycles. The summed E-state index contributed by atoms with van der Waals surface area (Å²) in [6.07, 6.45) is 0. The van der Waals surface area contributed by atoms with E-state index in [9.17, 15) is 14.4 Å². The molecule has 0 bridgehead atoms. The van der Waals surface area contributed by atoms with Crippen LogP contribution in [0.2, 0.25) is 0 Å². The predicted octanol–water partition coefficient (Wildman–Crippen LogP) is 1.46. The highest BCUT2D eigenvalue weighted by Gasteiger charge is 2.12. The van der Waals surface area contributed by atoms with E-state index in [0.29, 0.717) is 0 Å². The minimum absolute atomic E-state index is 0.278. The van der Waals surface area contributed by atoms with Crippen LogP contribution in [-0.4, -0.2) is 18.1 Å². The third kappa shape index (κ3) is 1.75. The van der Waals surface area contributed by atoms with Gasteiger partial charge in [0.1, 0.15) is 0 Å². The second-order valence-corrected chi connectivity index (χ2v) is 2.44. The van der Waals surface area contributed by atoms with Crippen molar-refractivity contribution in [3.05, 3.63) is 34.8 Å². The molecule has 0 amide bonds. The highest BCUT2D eigenvalue weighted by Crippen LogP contribution is 2.20. The molecule has 5 heteroatoms. The zero-order valence-corrected chi connectivity index (χ0v) is 6.82. The van der Waals surface area contributed by atoms with E-state index < -0.39 is 17.3 Å². The Morgan fingerprint density at radius 2 is 2.23 bits per heavy atom. The summed E-state index contributed by atoms with van der Waals surface area (Å²) in [7, 11) is 1.10. The average Bonchev–Trinajstić information content (AvgIpc) is 2.03. The van der Waals surface area contributed by atoms with Crippen LogP contribution < -0.4 is 5.06 Å². The summed E-state index contributed by atoms with van der Waals surface area (Å²) >= 11 is 0. The largest absolute Gasteiger partial charge is 0.758 e. The molecule has 1 aromatic rings. The average molecular weight is 184 g/mol. The van der Waals surface area contributed by atoms with Crippen molar-refractivity contribution in [1.29, 1.82) is 0 Å². The van der Waals surface area contributed by atoms with Gasteiger partial charge in [-0.2, -0.15) is 0 Å². The number of halogens is 1. The molecule has 0 aliphatic heterocycles. The first-order valence-corrected chi connectivity index (χ1v) is 3.46. The molecule has 0 radical (unpaired) electrons. The van der Waals surface area contributed by atoms with Gasteiger partial charge in [-0.05, 0) is 19.2 Å². The number of carboxylic acids is 1. The Hall–Kier alpha value is -1.62. The number of hydrogen-bond acceptors (Lipinski definition) is 3. The van der Waals surface area contributed by atoms with Crippen molar-refractivity contribution in [3.8, 4) is 0 Å². The minimum atomic E-state index is -1.39. The van der Waals surface area contributed by atoms with Crippen molar-refractivity contribution < 1.29 is 14.3 Å². The molecule has 1 aromatic carbocycles. The Labute approximate surface area is 73.8 Å². The molecule has 0 heterocycles. The normalized spacial score (nSPS) is 9.77. The van der Waals surface area contributed by atoms with E-state index in [-0.39, 0.29) is 10.8 Å². The smallest absolute Gasteiger partial charge is 0.338 e. The number of hydrogen-bond donors (Lipinski definition) is 1. The second kappa shape index (κ2) is 3.40. The van der Waals surface area contributed by atoms with Crippen molar-refractivity contribution in [2.75, 3.05) is 12.1 Å². The monoisotopic (exact) mass is 184 g/mol. The summed E-state index contributed by atoms with van der Waals surface area (Å²) in [5.41, 5.74) is -0.778. The maximum absolute atomic E-state index is 13.2. The molecule has 0 unspecified atom stereocenters. The van der Waals surface area contributed by atoms with Gasteiger partial charge in [-0.3, -0.25) is 0 Å². The fraction of sp³-hybridized carbons (Fsp3) is 0.125. The van der Waals surface area contributed by atoms with Gasteiger partial charge in [0.15, 0.2) is 5.82 Å². The Morgan fingerprint density at radius 1 is 1.62 bits per heavy atom. The van der Waals surface area contributed by atoms with E-state index >= 15 is 0 Å². The molecule has 4 nitrogen and oxygen atoms in total. The summed E-state index contributed by atoms with van der Waals surface area (Å²) in [5.74, 6) is -2.39. The molecule has 0 aliphatic rings. The fourth-order valence-electron chi connectivity index (χ4n) is 0.928. The third-order valence-electron chi connectivity index (χ3n) is 1.55.